The normalized spacial score (nSPS) is 10.2. The van der Waals surface area contributed by atoms with Gasteiger partial charge in [0, 0.05) is 20.1 Å². The lowest BCUT2D eigenvalue weighted by Gasteiger charge is -2.19. The molecule has 0 saturated heterocycles. The highest BCUT2D eigenvalue weighted by atomic mass is 15.2. The van der Waals surface area contributed by atoms with Crippen molar-refractivity contribution in [1.29, 1.82) is 0 Å². The minimum Gasteiger partial charge on any atom is -0.370 e. The fourth-order valence-electron chi connectivity index (χ4n) is 1.97. The van der Waals surface area contributed by atoms with Gasteiger partial charge in [0.2, 0.25) is 0 Å². The average Bonchev–Trinajstić information content (AvgIpc) is 2.46. The number of anilines is 2. The number of hydrogen-bond donors (Lipinski definition) is 1. The zero-order valence-electron chi connectivity index (χ0n) is 11.6. The monoisotopic (exact) mass is 255 g/mol. The van der Waals surface area contributed by atoms with Gasteiger partial charge >= 0.3 is 0 Å². The molecule has 1 heterocycles. The molecule has 0 radical (unpaired) electrons. The highest BCUT2D eigenvalue weighted by Gasteiger charge is 2.03. The molecule has 2 rings (SSSR count). The summed E-state index contributed by atoms with van der Waals surface area (Å²) in [4.78, 5) is 6.78. The molecule has 0 unspecified atom stereocenters. The Labute approximate surface area is 115 Å². The SMILES string of the molecule is CCNc1cccc(N(C)CCc2ccccc2)n1. The molecule has 0 saturated carbocycles. The highest BCUT2D eigenvalue weighted by molar-refractivity contribution is 5.46. The largest absolute Gasteiger partial charge is 0.370 e. The van der Waals surface area contributed by atoms with Crippen molar-refractivity contribution in [2.24, 2.45) is 0 Å². The van der Waals surface area contributed by atoms with Crippen molar-refractivity contribution in [3.63, 3.8) is 0 Å². The zero-order chi connectivity index (χ0) is 13.5. The van der Waals surface area contributed by atoms with E-state index in [1.54, 1.807) is 0 Å². The Morgan fingerprint density at radius 2 is 1.84 bits per heavy atom. The van der Waals surface area contributed by atoms with Gasteiger partial charge in [-0.05, 0) is 31.0 Å². The van der Waals surface area contributed by atoms with Crippen LogP contribution in [0.1, 0.15) is 12.5 Å². The van der Waals surface area contributed by atoms with Crippen molar-refractivity contribution >= 4 is 11.6 Å². The maximum absolute atomic E-state index is 4.59. The Kier molecular flexibility index (Phi) is 4.78. The van der Waals surface area contributed by atoms with Crippen LogP contribution in [0.15, 0.2) is 48.5 Å². The average molecular weight is 255 g/mol. The molecule has 0 aliphatic heterocycles. The Balaban J connectivity index is 1.95. The number of benzene rings is 1. The van der Waals surface area contributed by atoms with Crippen molar-refractivity contribution in [3.05, 3.63) is 54.1 Å². The molecule has 3 nitrogen and oxygen atoms in total. The van der Waals surface area contributed by atoms with E-state index < -0.39 is 0 Å². The molecule has 19 heavy (non-hydrogen) atoms. The molecule has 1 N–H and O–H groups in total. The van der Waals surface area contributed by atoms with Crippen molar-refractivity contribution in [2.75, 3.05) is 30.4 Å². The molecule has 1 aromatic heterocycles. The maximum Gasteiger partial charge on any atom is 0.130 e. The number of nitrogens with one attached hydrogen (secondary N) is 1. The van der Waals surface area contributed by atoms with E-state index in [1.165, 1.54) is 5.56 Å². The van der Waals surface area contributed by atoms with E-state index >= 15 is 0 Å². The predicted molar refractivity (Wildman–Crippen MR) is 81.8 cm³/mol. The molecular weight excluding hydrogens is 234 g/mol. The van der Waals surface area contributed by atoms with Crippen LogP contribution in [0.5, 0.6) is 0 Å². The Bertz CT molecular complexity index is 496. The lowest BCUT2D eigenvalue weighted by atomic mass is 10.1. The first kappa shape index (κ1) is 13.4. The van der Waals surface area contributed by atoms with E-state index in [1.807, 2.05) is 18.2 Å². The maximum atomic E-state index is 4.59. The second-order valence-electron chi connectivity index (χ2n) is 4.57. The minimum atomic E-state index is 0.893. The summed E-state index contributed by atoms with van der Waals surface area (Å²) in [6.45, 7) is 3.93. The fourth-order valence-corrected chi connectivity index (χ4v) is 1.97. The van der Waals surface area contributed by atoms with Crippen LogP contribution in [0, 0.1) is 0 Å². The van der Waals surface area contributed by atoms with E-state index in [0.29, 0.717) is 0 Å². The number of likely N-dealkylation sites (N-methyl/N-ethyl adjacent to an activating group) is 1. The van der Waals surface area contributed by atoms with Crippen molar-refractivity contribution < 1.29 is 0 Å². The Morgan fingerprint density at radius 1 is 1.05 bits per heavy atom. The number of hydrogen-bond acceptors (Lipinski definition) is 3. The lowest BCUT2D eigenvalue weighted by Crippen LogP contribution is -2.21. The van der Waals surface area contributed by atoms with E-state index in [0.717, 1.165) is 31.1 Å². The second-order valence-corrected chi connectivity index (χ2v) is 4.57. The number of nitrogens with zero attached hydrogens (tertiary/aromatic N) is 2. The molecule has 0 amide bonds. The first-order chi connectivity index (χ1) is 9.29. The summed E-state index contributed by atoms with van der Waals surface area (Å²) in [6, 6.07) is 16.6. The molecule has 0 aliphatic carbocycles. The minimum absolute atomic E-state index is 0.893. The van der Waals surface area contributed by atoms with Crippen LogP contribution in [-0.4, -0.2) is 25.1 Å². The Morgan fingerprint density at radius 3 is 2.58 bits per heavy atom. The first-order valence-electron chi connectivity index (χ1n) is 6.75. The van der Waals surface area contributed by atoms with Gasteiger partial charge in [-0.25, -0.2) is 4.98 Å². The summed E-state index contributed by atoms with van der Waals surface area (Å²) in [7, 11) is 2.08. The summed E-state index contributed by atoms with van der Waals surface area (Å²) in [5.74, 6) is 1.95. The first-order valence-corrected chi connectivity index (χ1v) is 6.75. The van der Waals surface area contributed by atoms with Gasteiger partial charge in [0.15, 0.2) is 0 Å². The van der Waals surface area contributed by atoms with Crippen LogP contribution in [0.25, 0.3) is 0 Å². The van der Waals surface area contributed by atoms with Crippen molar-refractivity contribution in [1.82, 2.24) is 4.98 Å². The van der Waals surface area contributed by atoms with Gasteiger partial charge < -0.3 is 10.2 Å². The number of aromatic nitrogens is 1. The van der Waals surface area contributed by atoms with Gasteiger partial charge in [-0.2, -0.15) is 0 Å². The third kappa shape index (κ3) is 3.98. The number of rotatable bonds is 6. The van der Waals surface area contributed by atoms with Gasteiger partial charge in [0.25, 0.3) is 0 Å². The predicted octanol–water partition coefficient (Wildman–Crippen LogP) is 3.19. The second kappa shape index (κ2) is 6.78. The van der Waals surface area contributed by atoms with Crippen LogP contribution in [0.2, 0.25) is 0 Å². The molecule has 0 bridgehead atoms. The third-order valence-corrected chi connectivity index (χ3v) is 3.06. The molecule has 0 aliphatic rings. The van der Waals surface area contributed by atoms with Gasteiger partial charge in [0.05, 0.1) is 0 Å². The van der Waals surface area contributed by atoms with Crippen LogP contribution < -0.4 is 10.2 Å². The molecule has 1 aromatic carbocycles. The Hall–Kier alpha value is -2.03. The van der Waals surface area contributed by atoms with Crippen molar-refractivity contribution in [3.8, 4) is 0 Å². The summed E-state index contributed by atoms with van der Waals surface area (Å²) in [5.41, 5.74) is 1.36. The smallest absolute Gasteiger partial charge is 0.130 e. The van der Waals surface area contributed by atoms with Crippen LogP contribution >= 0.6 is 0 Å². The summed E-state index contributed by atoms with van der Waals surface area (Å²) < 4.78 is 0. The lowest BCUT2D eigenvalue weighted by molar-refractivity contribution is 0.860. The van der Waals surface area contributed by atoms with Gasteiger partial charge in [-0.1, -0.05) is 36.4 Å². The van der Waals surface area contributed by atoms with E-state index in [2.05, 4.69) is 59.5 Å². The fraction of sp³-hybridized carbons (Fsp3) is 0.312. The molecule has 2 aromatic rings. The molecule has 0 fully saturated rings. The highest BCUT2D eigenvalue weighted by Crippen LogP contribution is 2.13. The summed E-state index contributed by atoms with van der Waals surface area (Å²) >= 11 is 0. The van der Waals surface area contributed by atoms with E-state index in [9.17, 15) is 0 Å². The van der Waals surface area contributed by atoms with Crippen LogP contribution in [0.4, 0.5) is 11.6 Å². The summed E-state index contributed by atoms with van der Waals surface area (Å²) in [6.07, 6.45) is 1.03. The van der Waals surface area contributed by atoms with Gasteiger partial charge in [-0.15, -0.1) is 0 Å². The summed E-state index contributed by atoms with van der Waals surface area (Å²) in [5, 5.41) is 3.24. The van der Waals surface area contributed by atoms with Gasteiger partial charge in [0.1, 0.15) is 11.6 Å². The van der Waals surface area contributed by atoms with Crippen LogP contribution in [0.3, 0.4) is 0 Å². The molecule has 3 heteroatoms. The van der Waals surface area contributed by atoms with Crippen molar-refractivity contribution in [2.45, 2.75) is 13.3 Å². The standard InChI is InChI=1S/C16H21N3/c1-3-17-15-10-7-11-16(18-15)19(2)13-12-14-8-5-4-6-9-14/h4-11H,3,12-13H2,1-2H3,(H,17,18). The zero-order valence-corrected chi connectivity index (χ0v) is 11.6. The molecule has 0 spiro atoms. The van der Waals surface area contributed by atoms with Crippen LogP contribution in [-0.2, 0) is 6.42 Å². The number of pyridine rings is 1. The molecular formula is C16H21N3. The molecule has 100 valence electrons. The van der Waals surface area contributed by atoms with Gasteiger partial charge in [-0.3, -0.25) is 0 Å². The molecule has 0 atom stereocenters. The third-order valence-electron chi connectivity index (χ3n) is 3.06. The van der Waals surface area contributed by atoms with E-state index in [-0.39, 0.29) is 0 Å². The quantitative estimate of drug-likeness (QED) is 0.859. The van der Waals surface area contributed by atoms with E-state index in [4.69, 9.17) is 0 Å². The topological polar surface area (TPSA) is 28.2 Å².